The number of nitrogens with one attached hydrogen (secondary N) is 1. The van der Waals surface area contributed by atoms with E-state index in [2.05, 4.69) is 31.8 Å². The average molecular weight is 211 g/mol. The van der Waals surface area contributed by atoms with E-state index in [0.717, 1.165) is 16.6 Å². The van der Waals surface area contributed by atoms with Gasteiger partial charge in [0.15, 0.2) is 0 Å². The number of benzene rings is 1. The van der Waals surface area contributed by atoms with Gasteiger partial charge < -0.3 is 4.98 Å². The maximum atomic E-state index is 8.08. The number of aromatic amines is 1. The van der Waals surface area contributed by atoms with E-state index in [9.17, 15) is 0 Å². The van der Waals surface area contributed by atoms with Crippen molar-refractivity contribution in [2.75, 3.05) is 6.54 Å². The second kappa shape index (κ2) is 4.87. The molecule has 5 nitrogen and oxygen atoms in total. The van der Waals surface area contributed by atoms with Gasteiger partial charge in [0.25, 0.3) is 0 Å². The lowest BCUT2D eigenvalue weighted by molar-refractivity contribution is 1.01. The molecule has 78 valence electrons. The highest BCUT2D eigenvalue weighted by Gasteiger charge is 1.94. The summed E-state index contributed by atoms with van der Waals surface area (Å²) < 4.78 is 0. The maximum Gasteiger partial charge on any atom is 0.0931 e. The van der Waals surface area contributed by atoms with E-state index in [4.69, 9.17) is 5.53 Å². The Balaban J connectivity index is 2.11. The van der Waals surface area contributed by atoms with E-state index in [-0.39, 0.29) is 0 Å². The van der Waals surface area contributed by atoms with E-state index in [0.29, 0.717) is 13.0 Å². The lowest BCUT2D eigenvalue weighted by Crippen LogP contribution is -1.77. The van der Waals surface area contributed by atoms with Crippen LogP contribution in [0.25, 0.3) is 21.5 Å². The van der Waals surface area contributed by atoms with Crippen LogP contribution in [0.5, 0.6) is 0 Å². The molecule has 16 heavy (non-hydrogen) atoms. The van der Waals surface area contributed by atoms with Crippen molar-refractivity contribution in [3.8, 4) is 11.8 Å². The number of aromatic nitrogens is 2. The summed E-state index contributed by atoms with van der Waals surface area (Å²) in [6.07, 6.45) is 2.23. The van der Waals surface area contributed by atoms with Crippen LogP contribution in [-0.4, -0.2) is 16.5 Å². The zero-order valence-corrected chi connectivity index (χ0v) is 8.51. The van der Waals surface area contributed by atoms with Crippen molar-refractivity contribution in [1.82, 2.24) is 9.97 Å². The summed E-state index contributed by atoms with van der Waals surface area (Å²) in [7, 11) is 0. The predicted molar refractivity (Wildman–Crippen MR) is 61.6 cm³/mol. The largest absolute Gasteiger partial charge is 0.345 e. The van der Waals surface area contributed by atoms with E-state index in [1.165, 1.54) is 0 Å². The molecule has 0 unspecified atom stereocenters. The fourth-order valence-electron chi connectivity index (χ4n) is 1.33. The molecule has 0 aliphatic carbocycles. The summed E-state index contributed by atoms with van der Waals surface area (Å²) in [6, 6.07) is 5.79. The van der Waals surface area contributed by atoms with Crippen LogP contribution in [0, 0.1) is 11.8 Å². The van der Waals surface area contributed by atoms with Crippen LogP contribution in [0.15, 0.2) is 29.6 Å². The fourth-order valence-corrected chi connectivity index (χ4v) is 1.33. The van der Waals surface area contributed by atoms with Crippen LogP contribution in [0.1, 0.15) is 12.0 Å². The van der Waals surface area contributed by atoms with Gasteiger partial charge >= 0.3 is 0 Å². The monoisotopic (exact) mass is 211 g/mol. The van der Waals surface area contributed by atoms with Gasteiger partial charge in [-0.3, -0.25) is 0 Å². The molecule has 5 heteroatoms. The molecule has 1 aromatic carbocycles. The molecule has 0 saturated carbocycles. The molecule has 2 rings (SSSR count). The maximum absolute atomic E-state index is 8.08. The molecule has 0 spiro atoms. The second-order valence-electron chi connectivity index (χ2n) is 3.14. The van der Waals surface area contributed by atoms with Crippen LogP contribution in [-0.2, 0) is 0 Å². The van der Waals surface area contributed by atoms with Crippen LogP contribution in [0.2, 0.25) is 0 Å². The zero-order chi connectivity index (χ0) is 11.2. The van der Waals surface area contributed by atoms with E-state index < -0.39 is 0 Å². The molecule has 0 bridgehead atoms. The normalized spacial score (nSPS) is 9.25. The lowest BCUT2D eigenvalue weighted by atomic mass is 10.2. The van der Waals surface area contributed by atoms with Gasteiger partial charge in [0.05, 0.1) is 17.4 Å². The zero-order valence-electron chi connectivity index (χ0n) is 8.51. The average Bonchev–Trinajstić information content (AvgIpc) is 2.76. The van der Waals surface area contributed by atoms with E-state index in [1.54, 1.807) is 6.33 Å². The molecule has 0 amide bonds. The molecule has 1 aromatic heterocycles. The third-order valence-electron chi connectivity index (χ3n) is 2.05. The van der Waals surface area contributed by atoms with Gasteiger partial charge in [-0.15, -0.1) is 0 Å². The lowest BCUT2D eigenvalue weighted by Gasteiger charge is -1.90. The smallest absolute Gasteiger partial charge is 0.0931 e. The molecule has 0 radical (unpaired) electrons. The van der Waals surface area contributed by atoms with Crippen molar-refractivity contribution >= 4 is 11.0 Å². The third kappa shape index (κ3) is 2.32. The SMILES string of the molecule is [N-]=[N+]=NCCC#Cc1ccc2nc[nH]c2c1. The van der Waals surface area contributed by atoms with Crippen LogP contribution in [0.4, 0.5) is 0 Å². The highest BCUT2D eigenvalue weighted by Crippen LogP contribution is 2.10. The number of H-pyrrole nitrogens is 1. The first kappa shape index (κ1) is 10.1. The van der Waals surface area contributed by atoms with Gasteiger partial charge in [0, 0.05) is 23.4 Å². The van der Waals surface area contributed by atoms with E-state index in [1.807, 2.05) is 18.2 Å². The molecule has 0 atom stereocenters. The Bertz CT molecular complexity index is 595. The van der Waals surface area contributed by atoms with Gasteiger partial charge in [0.2, 0.25) is 0 Å². The quantitative estimate of drug-likeness (QED) is 0.268. The Labute approximate surface area is 92.1 Å². The van der Waals surface area contributed by atoms with Crippen molar-refractivity contribution in [3.63, 3.8) is 0 Å². The van der Waals surface area contributed by atoms with Crippen LogP contribution in [0.3, 0.4) is 0 Å². The standard InChI is InChI=1S/C11H9N5/c12-16-15-6-2-1-3-9-4-5-10-11(7-9)14-8-13-10/h4-5,7-8H,2,6H2,(H,13,14). The molecule has 0 aliphatic rings. The van der Waals surface area contributed by atoms with Crippen molar-refractivity contribution in [1.29, 1.82) is 0 Å². The minimum absolute atomic E-state index is 0.413. The highest BCUT2D eigenvalue weighted by molar-refractivity contribution is 5.76. The molecule has 1 N–H and O–H groups in total. The first-order valence-corrected chi connectivity index (χ1v) is 4.83. The second-order valence-corrected chi connectivity index (χ2v) is 3.14. The Morgan fingerprint density at radius 1 is 1.50 bits per heavy atom. The Hall–Kier alpha value is -2.44. The van der Waals surface area contributed by atoms with Crippen molar-refractivity contribution in [2.24, 2.45) is 5.11 Å². The topological polar surface area (TPSA) is 77.4 Å². The number of rotatable bonds is 2. The number of fused-ring (bicyclic) bond motifs is 1. The van der Waals surface area contributed by atoms with Gasteiger partial charge in [-0.25, -0.2) is 4.98 Å². The summed E-state index contributed by atoms with van der Waals surface area (Å²) in [4.78, 5) is 9.81. The summed E-state index contributed by atoms with van der Waals surface area (Å²) in [6.45, 7) is 0.413. The van der Waals surface area contributed by atoms with Crippen molar-refractivity contribution in [3.05, 3.63) is 40.5 Å². The molecule has 1 heterocycles. The van der Waals surface area contributed by atoms with Crippen LogP contribution >= 0.6 is 0 Å². The minimum Gasteiger partial charge on any atom is -0.345 e. The van der Waals surface area contributed by atoms with Gasteiger partial charge in [-0.05, 0) is 23.7 Å². The third-order valence-corrected chi connectivity index (χ3v) is 2.05. The Morgan fingerprint density at radius 3 is 3.31 bits per heavy atom. The first-order valence-electron chi connectivity index (χ1n) is 4.83. The summed E-state index contributed by atoms with van der Waals surface area (Å²) >= 11 is 0. The number of nitrogens with zero attached hydrogens (tertiary/aromatic N) is 4. The number of hydrogen-bond donors (Lipinski definition) is 1. The molecular formula is C11H9N5. The number of imidazole rings is 1. The Morgan fingerprint density at radius 2 is 2.44 bits per heavy atom. The van der Waals surface area contributed by atoms with Crippen molar-refractivity contribution < 1.29 is 0 Å². The fraction of sp³-hybridized carbons (Fsp3) is 0.182. The highest BCUT2D eigenvalue weighted by atomic mass is 15.1. The predicted octanol–water partition coefficient (Wildman–Crippen LogP) is 2.61. The number of hydrogen-bond acceptors (Lipinski definition) is 2. The van der Waals surface area contributed by atoms with Crippen LogP contribution < -0.4 is 0 Å². The molecule has 0 fully saturated rings. The minimum atomic E-state index is 0.413. The molecule has 2 aromatic rings. The Kier molecular flexibility index (Phi) is 3.07. The summed E-state index contributed by atoms with van der Waals surface area (Å²) in [5.41, 5.74) is 10.9. The first-order chi connectivity index (χ1) is 7.90. The molecule has 0 aliphatic heterocycles. The molecular weight excluding hydrogens is 202 g/mol. The van der Waals surface area contributed by atoms with Gasteiger partial charge in [-0.2, -0.15) is 0 Å². The van der Waals surface area contributed by atoms with Gasteiger partial charge in [0.1, 0.15) is 0 Å². The molecule has 0 saturated heterocycles. The number of azide groups is 1. The van der Waals surface area contributed by atoms with E-state index >= 15 is 0 Å². The summed E-state index contributed by atoms with van der Waals surface area (Å²) in [5, 5.41) is 3.41. The van der Waals surface area contributed by atoms with Gasteiger partial charge in [-0.1, -0.05) is 17.0 Å². The van der Waals surface area contributed by atoms with Crippen molar-refractivity contribution in [2.45, 2.75) is 6.42 Å². The summed E-state index contributed by atoms with van der Waals surface area (Å²) in [5.74, 6) is 5.95.